The van der Waals surface area contributed by atoms with Crippen molar-refractivity contribution in [3.8, 4) is 0 Å². The highest BCUT2D eigenvalue weighted by molar-refractivity contribution is 5.48. The standard InChI is InChI=1S/C15H27N3/c1-7-12(8-2)18(6)14-11-9-10-13(16-14)17-15(3,4)5/h9-12H,7-8H2,1-6H3,(H,16,17). The van der Waals surface area contributed by atoms with Crippen molar-refractivity contribution in [3.05, 3.63) is 18.2 Å². The monoisotopic (exact) mass is 249 g/mol. The van der Waals surface area contributed by atoms with Gasteiger partial charge >= 0.3 is 0 Å². The summed E-state index contributed by atoms with van der Waals surface area (Å²) in [6.45, 7) is 10.9. The minimum atomic E-state index is 0.0408. The van der Waals surface area contributed by atoms with E-state index in [1.165, 1.54) is 0 Å². The number of hydrogen-bond acceptors (Lipinski definition) is 3. The lowest BCUT2D eigenvalue weighted by Crippen LogP contribution is -2.32. The number of rotatable bonds is 5. The normalized spacial score (nSPS) is 11.7. The van der Waals surface area contributed by atoms with Crippen molar-refractivity contribution in [1.82, 2.24) is 4.98 Å². The highest BCUT2D eigenvalue weighted by Crippen LogP contribution is 2.20. The molecule has 0 aliphatic rings. The molecule has 0 atom stereocenters. The van der Waals surface area contributed by atoms with Gasteiger partial charge in [0.2, 0.25) is 0 Å². The Morgan fingerprint density at radius 3 is 2.33 bits per heavy atom. The van der Waals surface area contributed by atoms with Crippen LogP contribution in [-0.4, -0.2) is 23.6 Å². The van der Waals surface area contributed by atoms with E-state index in [1.807, 2.05) is 6.07 Å². The lowest BCUT2D eigenvalue weighted by Gasteiger charge is -2.28. The summed E-state index contributed by atoms with van der Waals surface area (Å²) >= 11 is 0. The summed E-state index contributed by atoms with van der Waals surface area (Å²) in [6, 6.07) is 6.72. The van der Waals surface area contributed by atoms with Gasteiger partial charge in [-0.25, -0.2) is 4.98 Å². The van der Waals surface area contributed by atoms with Crippen molar-refractivity contribution in [2.45, 2.75) is 59.0 Å². The Balaban J connectivity index is 2.87. The van der Waals surface area contributed by atoms with Crippen molar-refractivity contribution in [2.24, 2.45) is 0 Å². The Kier molecular flexibility index (Phi) is 5.00. The van der Waals surface area contributed by atoms with Crippen LogP contribution in [0.3, 0.4) is 0 Å². The van der Waals surface area contributed by atoms with Crippen molar-refractivity contribution < 1.29 is 0 Å². The van der Waals surface area contributed by atoms with Crippen LogP contribution in [0.1, 0.15) is 47.5 Å². The van der Waals surface area contributed by atoms with Crippen molar-refractivity contribution in [2.75, 3.05) is 17.3 Å². The average molecular weight is 249 g/mol. The minimum absolute atomic E-state index is 0.0408. The van der Waals surface area contributed by atoms with E-state index in [2.05, 4.69) is 69.0 Å². The summed E-state index contributed by atoms with van der Waals surface area (Å²) in [6.07, 6.45) is 2.29. The minimum Gasteiger partial charge on any atom is -0.365 e. The first-order valence-corrected chi connectivity index (χ1v) is 6.85. The van der Waals surface area contributed by atoms with Gasteiger partial charge in [-0.1, -0.05) is 19.9 Å². The van der Waals surface area contributed by atoms with Gasteiger partial charge in [-0.2, -0.15) is 0 Å². The van der Waals surface area contributed by atoms with E-state index >= 15 is 0 Å². The van der Waals surface area contributed by atoms with Crippen LogP contribution in [0.4, 0.5) is 11.6 Å². The molecule has 1 heterocycles. The third-order valence-corrected chi connectivity index (χ3v) is 3.09. The Morgan fingerprint density at radius 2 is 1.83 bits per heavy atom. The van der Waals surface area contributed by atoms with E-state index in [0.29, 0.717) is 6.04 Å². The fraction of sp³-hybridized carbons (Fsp3) is 0.667. The lowest BCUT2D eigenvalue weighted by molar-refractivity contribution is 0.586. The predicted molar refractivity (Wildman–Crippen MR) is 80.4 cm³/mol. The van der Waals surface area contributed by atoms with Gasteiger partial charge in [-0.05, 0) is 45.7 Å². The molecule has 1 rings (SSSR count). The van der Waals surface area contributed by atoms with Crippen LogP contribution < -0.4 is 10.2 Å². The van der Waals surface area contributed by atoms with E-state index in [0.717, 1.165) is 24.5 Å². The van der Waals surface area contributed by atoms with Gasteiger partial charge in [0.15, 0.2) is 0 Å². The summed E-state index contributed by atoms with van der Waals surface area (Å²) < 4.78 is 0. The van der Waals surface area contributed by atoms with E-state index in [1.54, 1.807) is 0 Å². The highest BCUT2D eigenvalue weighted by atomic mass is 15.2. The molecule has 0 radical (unpaired) electrons. The van der Waals surface area contributed by atoms with Crippen LogP contribution in [0.25, 0.3) is 0 Å². The fourth-order valence-electron chi connectivity index (χ4n) is 2.10. The van der Waals surface area contributed by atoms with Crippen molar-refractivity contribution in [1.29, 1.82) is 0 Å². The van der Waals surface area contributed by atoms with E-state index in [4.69, 9.17) is 0 Å². The quantitative estimate of drug-likeness (QED) is 0.857. The second kappa shape index (κ2) is 6.07. The Morgan fingerprint density at radius 1 is 1.22 bits per heavy atom. The highest BCUT2D eigenvalue weighted by Gasteiger charge is 2.14. The van der Waals surface area contributed by atoms with Crippen LogP contribution in [-0.2, 0) is 0 Å². The molecule has 102 valence electrons. The number of anilines is 2. The van der Waals surface area contributed by atoms with Gasteiger partial charge in [-0.3, -0.25) is 0 Å². The maximum atomic E-state index is 4.69. The zero-order valence-corrected chi connectivity index (χ0v) is 12.6. The molecular formula is C15H27N3. The molecule has 3 heteroatoms. The summed E-state index contributed by atoms with van der Waals surface area (Å²) in [5.41, 5.74) is 0.0408. The van der Waals surface area contributed by atoms with Gasteiger partial charge in [0.25, 0.3) is 0 Å². The Bertz CT molecular complexity index is 364. The van der Waals surface area contributed by atoms with Gasteiger partial charge < -0.3 is 10.2 Å². The molecule has 0 unspecified atom stereocenters. The van der Waals surface area contributed by atoms with Crippen LogP contribution in [0.2, 0.25) is 0 Å². The van der Waals surface area contributed by atoms with Crippen molar-refractivity contribution >= 4 is 11.6 Å². The summed E-state index contributed by atoms with van der Waals surface area (Å²) in [5.74, 6) is 1.98. The number of hydrogen-bond donors (Lipinski definition) is 1. The molecule has 0 saturated carbocycles. The smallest absolute Gasteiger partial charge is 0.130 e. The molecule has 3 nitrogen and oxygen atoms in total. The molecule has 0 aliphatic carbocycles. The van der Waals surface area contributed by atoms with Gasteiger partial charge in [0, 0.05) is 18.6 Å². The number of nitrogens with one attached hydrogen (secondary N) is 1. The summed E-state index contributed by atoms with van der Waals surface area (Å²) in [5, 5.41) is 3.41. The second-order valence-corrected chi connectivity index (χ2v) is 5.84. The van der Waals surface area contributed by atoms with Crippen LogP contribution >= 0.6 is 0 Å². The van der Waals surface area contributed by atoms with Gasteiger partial charge in [0.1, 0.15) is 11.6 Å². The number of aromatic nitrogens is 1. The zero-order valence-electron chi connectivity index (χ0n) is 12.6. The van der Waals surface area contributed by atoms with Crippen LogP contribution in [0, 0.1) is 0 Å². The molecule has 0 fully saturated rings. The molecule has 18 heavy (non-hydrogen) atoms. The van der Waals surface area contributed by atoms with Gasteiger partial charge in [0.05, 0.1) is 0 Å². The molecule has 1 aromatic heterocycles. The molecule has 1 aromatic rings. The molecule has 0 aromatic carbocycles. The molecule has 0 bridgehead atoms. The lowest BCUT2D eigenvalue weighted by atomic mass is 10.1. The van der Waals surface area contributed by atoms with Gasteiger partial charge in [-0.15, -0.1) is 0 Å². The molecule has 1 N–H and O–H groups in total. The number of nitrogens with zero attached hydrogens (tertiary/aromatic N) is 2. The second-order valence-electron chi connectivity index (χ2n) is 5.84. The molecular weight excluding hydrogens is 222 g/mol. The molecule has 0 saturated heterocycles. The van der Waals surface area contributed by atoms with E-state index < -0.39 is 0 Å². The van der Waals surface area contributed by atoms with Crippen LogP contribution in [0.5, 0.6) is 0 Å². The van der Waals surface area contributed by atoms with Crippen LogP contribution in [0.15, 0.2) is 18.2 Å². The molecule has 0 aliphatic heterocycles. The third kappa shape index (κ3) is 4.21. The maximum Gasteiger partial charge on any atom is 0.130 e. The molecule has 0 spiro atoms. The average Bonchev–Trinajstić information content (AvgIpc) is 2.28. The largest absolute Gasteiger partial charge is 0.365 e. The SMILES string of the molecule is CCC(CC)N(C)c1cccc(NC(C)(C)C)n1. The Labute approximate surface area is 112 Å². The maximum absolute atomic E-state index is 4.69. The van der Waals surface area contributed by atoms with Crippen molar-refractivity contribution in [3.63, 3.8) is 0 Å². The third-order valence-electron chi connectivity index (χ3n) is 3.09. The molecule has 0 amide bonds. The fourth-order valence-corrected chi connectivity index (χ4v) is 2.10. The van der Waals surface area contributed by atoms with E-state index in [9.17, 15) is 0 Å². The first-order chi connectivity index (χ1) is 8.37. The predicted octanol–water partition coefficient (Wildman–Crippen LogP) is 3.92. The number of pyridine rings is 1. The first kappa shape index (κ1) is 14.8. The first-order valence-electron chi connectivity index (χ1n) is 6.85. The zero-order chi connectivity index (χ0) is 13.8. The summed E-state index contributed by atoms with van der Waals surface area (Å²) in [4.78, 5) is 6.96. The Hall–Kier alpha value is -1.25. The van der Waals surface area contributed by atoms with E-state index in [-0.39, 0.29) is 5.54 Å². The summed E-state index contributed by atoms with van der Waals surface area (Å²) in [7, 11) is 2.13. The topological polar surface area (TPSA) is 28.2 Å².